The van der Waals surface area contributed by atoms with Gasteiger partial charge in [0.05, 0.1) is 17.0 Å². The van der Waals surface area contributed by atoms with Crippen LogP contribution in [0.2, 0.25) is 18.1 Å². The molecule has 8 heteroatoms. The van der Waals surface area contributed by atoms with E-state index in [1.165, 1.54) is 11.1 Å². The number of benzene rings is 1. The summed E-state index contributed by atoms with van der Waals surface area (Å²) in [5, 5.41) is 1.06. The third kappa shape index (κ3) is 4.56. The van der Waals surface area contributed by atoms with E-state index in [4.69, 9.17) is 8.77 Å². The van der Waals surface area contributed by atoms with Gasteiger partial charge in [0.2, 0.25) is 5.88 Å². The lowest BCUT2D eigenvalue weighted by atomic mass is 9.94. The fourth-order valence-corrected chi connectivity index (χ4v) is 9.81. The van der Waals surface area contributed by atoms with Gasteiger partial charge in [0, 0.05) is 37.1 Å². The minimum Gasteiger partial charge on any atom is -0.479 e. The zero-order valence-corrected chi connectivity index (χ0v) is 22.5. The second kappa shape index (κ2) is 8.49. The van der Waals surface area contributed by atoms with Crippen LogP contribution in [-0.2, 0) is 22.9 Å². The lowest BCUT2D eigenvalue weighted by Crippen LogP contribution is -2.41. The fraction of sp³-hybridized carbons (Fsp3) is 0.440. The molecule has 1 aliphatic heterocycles. The smallest absolute Gasteiger partial charge is 0.240 e. The topological polar surface area (TPSA) is 67.7 Å². The number of pyridine rings is 2. The molecule has 1 aromatic carbocycles. The predicted octanol–water partition coefficient (Wildman–Crippen LogP) is 5.68. The average Bonchev–Trinajstić information content (AvgIpc) is 2.76. The second-order valence-corrected chi connectivity index (χ2v) is 17.7. The van der Waals surface area contributed by atoms with Gasteiger partial charge in [0.25, 0.3) is 0 Å². The Morgan fingerprint density at radius 2 is 1.82 bits per heavy atom. The van der Waals surface area contributed by atoms with Gasteiger partial charge in [-0.25, -0.2) is 13.5 Å². The molecule has 0 amide bonds. The van der Waals surface area contributed by atoms with E-state index in [0.717, 1.165) is 35.0 Å². The van der Waals surface area contributed by atoms with Gasteiger partial charge in [0.1, 0.15) is 5.52 Å². The van der Waals surface area contributed by atoms with Gasteiger partial charge in [0.15, 0.2) is 8.24 Å². The predicted molar refractivity (Wildman–Crippen MR) is 139 cm³/mol. The molecule has 176 valence electrons. The largest absolute Gasteiger partial charge is 0.479 e. The maximum atomic E-state index is 13.8. The third-order valence-electron chi connectivity index (χ3n) is 7.03. The van der Waals surface area contributed by atoms with Crippen LogP contribution < -0.4 is 4.74 Å². The van der Waals surface area contributed by atoms with E-state index in [1.54, 1.807) is 19.5 Å². The first-order valence-electron chi connectivity index (χ1n) is 11.3. The minimum absolute atomic E-state index is 0.0604. The van der Waals surface area contributed by atoms with E-state index in [0.29, 0.717) is 12.4 Å². The molecule has 1 atom stereocenters. The number of rotatable bonds is 4. The molecule has 0 aliphatic carbocycles. The summed E-state index contributed by atoms with van der Waals surface area (Å²) in [5.74, 6) is 0.524. The third-order valence-corrected chi connectivity index (χ3v) is 15.1. The molecule has 3 heterocycles. The monoisotopic (exact) mass is 482 g/mol. The molecular formula is C25H34N4O2SSi. The SMILES string of the molecule is COc1nccc2c(-c3ccc4c(c3)CN(S(C)(=O)=N[Si](C)(C)C(C)(C)C)CC4)ccnc12. The van der Waals surface area contributed by atoms with Gasteiger partial charge in [-0.15, -0.1) is 0 Å². The van der Waals surface area contributed by atoms with Crippen LogP contribution in [0.25, 0.3) is 22.0 Å². The highest BCUT2D eigenvalue weighted by Crippen LogP contribution is 2.38. The Labute approximate surface area is 198 Å². The Morgan fingerprint density at radius 3 is 2.52 bits per heavy atom. The van der Waals surface area contributed by atoms with E-state index in [2.05, 4.69) is 66.3 Å². The number of hydrogen-bond acceptors (Lipinski definition) is 5. The number of hydrogen-bond donors (Lipinski definition) is 0. The number of aromatic nitrogens is 2. The van der Waals surface area contributed by atoms with Gasteiger partial charge in [-0.1, -0.05) is 32.9 Å². The molecule has 0 spiro atoms. The highest BCUT2D eigenvalue weighted by molar-refractivity contribution is 7.91. The van der Waals surface area contributed by atoms with Crippen LogP contribution in [0, 0.1) is 0 Å². The first kappa shape index (κ1) is 23.9. The normalized spacial score (nSPS) is 16.8. The molecule has 0 bridgehead atoms. The van der Waals surface area contributed by atoms with Crippen molar-refractivity contribution in [2.45, 2.75) is 51.9 Å². The first-order chi connectivity index (χ1) is 15.4. The van der Waals surface area contributed by atoms with Crippen molar-refractivity contribution in [1.29, 1.82) is 0 Å². The van der Waals surface area contributed by atoms with Crippen molar-refractivity contribution < 1.29 is 8.95 Å². The minimum atomic E-state index is -2.45. The molecule has 1 unspecified atom stereocenters. The van der Waals surface area contributed by atoms with Crippen molar-refractivity contribution >= 4 is 29.1 Å². The van der Waals surface area contributed by atoms with Gasteiger partial charge >= 0.3 is 0 Å². The van der Waals surface area contributed by atoms with E-state index in [9.17, 15) is 4.21 Å². The summed E-state index contributed by atoms with van der Waals surface area (Å²) in [6.45, 7) is 12.5. The van der Waals surface area contributed by atoms with Crippen molar-refractivity contribution in [3.63, 3.8) is 0 Å². The zero-order chi connectivity index (χ0) is 24.0. The Bertz CT molecular complexity index is 1320. The van der Waals surface area contributed by atoms with Crippen molar-refractivity contribution in [2.75, 3.05) is 19.9 Å². The number of nitrogens with zero attached hydrogens (tertiary/aromatic N) is 4. The van der Waals surface area contributed by atoms with Crippen molar-refractivity contribution in [3.05, 3.63) is 53.9 Å². The quantitative estimate of drug-likeness (QED) is 0.449. The van der Waals surface area contributed by atoms with Crippen molar-refractivity contribution in [1.82, 2.24) is 14.3 Å². The molecule has 2 aromatic heterocycles. The van der Waals surface area contributed by atoms with Gasteiger partial charge in [-0.2, -0.15) is 0 Å². The Kier molecular flexibility index (Phi) is 6.13. The number of fused-ring (bicyclic) bond motifs is 2. The maximum absolute atomic E-state index is 13.8. The zero-order valence-electron chi connectivity index (χ0n) is 20.7. The molecule has 3 aromatic rings. The lowest BCUT2D eigenvalue weighted by molar-refractivity contribution is 0.402. The summed E-state index contributed by atoms with van der Waals surface area (Å²) in [6.07, 6.45) is 6.24. The van der Waals surface area contributed by atoms with Crippen molar-refractivity contribution in [2.24, 2.45) is 4.03 Å². The van der Waals surface area contributed by atoms with Crippen LogP contribution in [0.4, 0.5) is 0 Å². The van der Waals surface area contributed by atoms with Gasteiger partial charge in [-0.05, 0) is 65.0 Å². The molecule has 1 aliphatic rings. The van der Waals surface area contributed by atoms with Crippen LogP contribution in [0.3, 0.4) is 0 Å². The van der Waals surface area contributed by atoms with Gasteiger partial charge < -0.3 is 4.74 Å². The summed E-state index contributed by atoms with van der Waals surface area (Å²) in [5.41, 5.74) is 5.48. The summed E-state index contributed by atoms with van der Waals surface area (Å²) in [7, 11) is -2.88. The van der Waals surface area contributed by atoms with Crippen LogP contribution in [0.5, 0.6) is 5.88 Å². The van der Waals surface area contributed by atoms with Crippen LogP contribution in [-0.4, -0.2) is 46.6 Å². The first-order valence-corrected chi connectivity index (χ1v) is 16.1. The van der Waals surface area contributed by atoms with Crippen LogP contribution in [0.1, 0.15) is 31.9 Å². The standard InChI is InChI=1S/C25H34N4O2SSi/c1-25(2,3)33(6,7)28-32(5,30)29-15-12-18-8-9-19(16-20(18)17-29)21-10-13-26-23-22(21)11-14-27-24(23)31-4/h8-11,13-14,16H,12,15,17H2,1-7H3. The summed E-state index contributed by atoms with van der Waals surface area (Å²) >= 11 is 0. The number of methoxy groups -OCH3 is 1. The Balaban J connectivity index is 1.73. The van der Waals surface area contributed by atoms with E-state index in [-0.39, 0.29) is 5.04 Å². The molecule has 6 nitrogen and oxygen atoms in total. The summed E-state index contributed by atoms with van der Waals surface area (Å²) < 4.78 is 26.3. The summed E-state index contributed by atoms with van der Waals surface area (Å²) in [4.78, 5) is 8.76. The highest BCUT2D eigenvalue weighted by atomic mass is 32.2. The summed E-state index contributed by atoms with van der Waals surface area (Å²) in [6, 6.07) is 10.6. The maximum Gasteiger partial charge on any atom is 0.240 e. The molecule has 0 saturated heterocycles. The van der Waals surface area contributed by atoms with E-state index < -0.39 is 18.2 Å². The molecule has 0 N–H and O–H groups in total. The molecule has 0 fully saturated rings. The molecule has 0 saturated carbocycles. The fourth-order valence-electron chi connectivity index (χ4n) is 4.06. The van der Waals surface area contributed by atoms with Crippen molar-refractivity contribution in [3.8, 4) is 17.0 Å². The molecular weight excluding hydrogens is 448 g/mol. The van der Waals surface area contributed by atoms with Crippen LogP contribution >= 0.6 is 0 Å². The highest BCUT2D eigenvalue weighted by Gasteiger charge is 2.38. The van der Waals surface area contributed by atoms with Crippen LogP contribution in [0.15, 0.2) is 46.8 Å². The molecule has 4 rings (SSSR count). The molecule has 0 radical (unpaired) electrons. The van der Waals surface area contributed by atoms with Gasteiger partial charge in [-0.3, -0.25) is 9.01 Å². The van der Waals surface area contributed by atoms with E-state index in [1.807, 2.05) is 18.4 Å². The lowest BCUT2D eigenvalue weighted by Gasteiger charge is -2.36. The second-order valence-electron chi connectivity index (χ2n) is 10.3. The average molecular weight is 483 g/mol. The number of ether oxygens (including phenoxy) is 1. The Hall–Kier alpha value is -2.29. The Morgan fingerprint density at radius 1 is 1.09 bits per heavy atom. The van der Waals surface area contributed by atoms with E-state index >= 15 is 0 Å². The molecule has 33 heavy (non-hydrogen) atoms.